The molecule has 0 spiro atoms. The Labute approximate surface area is 103 Å². The summed E-state index contributed by atoms with van der Waals surface area (Å²) in [4.78, 5) is 25.1. The quantitative estimate of drug-likeness (QED) is 0.768. The lowest BCUT2D eigenvalue weighted by atomic mass is 10.2. The molecule has 0 bridgehead atoms. The van der Waals surface area contributed by atoms with Gasteiger partial charge in [-0.1, -0.05) is 18.2 Å². The first-order chi connectivity index (χ1) is 8.65. The summed E-state index contributed by atoms with van der Waals surface area (Å²) in [7, 11) is 0. The fourth-order valence-corrected chi connectivity index (χ4v) is 1.56. The van der Waals surface area contributed by atoms with Crippen molar-refractivity contribution < 1.29 is 14.7 Å². The van der Waals surface area contributed by atoms with Gasteiger partial charge in [-0.2, -0.15) is 0 Å². The van der Waals surface area contributed by atoms with Crippen LogP contribution in [-0.4, -0.2) is 22.0 Å². The van der Waals surface area contributed by atoms with Crippen LogP contribution in [0.3, 0.4) is 0 Å². The van der Waals surface area contributed by atoms with E-state index in [0.717, 1.165) is 0 Å². The molecule has 5 nitrogen and oxygen atoms in total. The third-order valence-corrected chi connectivity index (χ3v) is 2.37. The van der Waals surface area contributed by atoms with Crippen LogP contribution in [0.5, 0.6) is 0 Å². The first kappa shape index (κ1) is 11.9. The zero-order chi connectivity index (χ0) is 13.0. The van der Waals surface area contributed by atoms with Crippen molar-refractivity contribution in [1.29, 1.82) is 0 Å². The van der Waals surface area contributed by atoms with Crippen molar-refractivity contribution in [2.45, 2.75) is 6.42 Å². The Bertz CT molecular complexity index is 561. The van der Waals surface area contributed by atoms with Crippen molar-refractivity contribution in [3.05, 3.63) is 53.7 Å². The minimum atomic E-state index is -0.919. The van der Waals surface area contributed by atoms with E-state index in [1.165, 1.54) is 0 Å². The second-order valence-electron chi connectivity index (χ2n) is 3.79. The summed E-state index contributed by atoms with van der Waals surface area (Å²) < 4.78 is 0. The second-order valence-corrected chi connectivity index (χ2v) is 3.79. The van der Waals surface area contributed by atoms with Crippen molar-refractivity contribution in [3.8, 4) is 0 Å². The summed E-state index contributed by atoms with van der Waals surface area (Å²) in [6.07, 6.45) is -0.0960. The van der Waals surface area contributed by atoms with E-state index in [9.17, 15) is 9.59 Å². The highest BCUT2D eigenvalue weighted by Gasteiger charge is 2.07. The fourth-order valence-electron chi connectivity index (χ4n) is 1.56. The first-order valence-electron chi connectivity index (χ1n) is 5.41. The van der Waals surface area contributed by atoms with Crippen LogP contribution in [0.15, 0.2) is 42.5 Å². The molecule has 0 saturated carbocycles. The molecule has 2 rings (SSSR count). The molecular formula is C13H12N2O3. The Morgan fingerprint density at radius 1 is 1.11 bits per heavy atom. The molecule has 0 fully saturated rings. The molecular weight excluding hydrogens is 232 g/mol. The van der Waals surface area contributed by atoms with Crippen molar-refractivity contribution in [3.63, 3.8) is 0 Å². The lowest BCUT2D eigenvalue weighted by Gasteiger charge is -2.02. The average molecular weight is 244 g/mol. The number of H-pyrrole nitrogens is 1. The molecule has 3 N–H and O–H groups in total. The van der Waals surface area contributed by atoms with Crippen LogP contribution in [0.25, 0.3) is 0 Å². The van der Waals surface area contributed by atoms with Gasteiger partial charge in [0, 0.05) is 11.3 Å². The smallest absolute Gasteiger partial charge is 0.309 e. The maximum Gasteiger partial charge on any atom is 0.309 e. The molecule has 0 saturated heterocycles. The van der Waals surface area contributed by atoms with Gasteiger partial charge in [0.15, 0.2) is 0 Å². The van der Waals surface area contributed by atoms with E-state index in [4.69, 9.17) is 5.11 Å². The largest absolute Gasteiger partial charge is 0.481 e. The molecule has 0 aliphatic rings. The third kappa shape index (κ3) is 2.98. The summed E-state index contributed by atoms with van der Waals surface area (Å²) in [6, 6.07) is 12.1. The monoisotopic (exact) mass is 244 g/mol. The molecule has 0 atom stereocenters. The summed E-state index contributed by atoms with van der Waals surface area (Å²) in [6.45, 7) is 0. The number of aromatic amines is 1. The van der Waals surface area contributed by atoms with Gasteiger partial charge in [0.25, 0.3) is 5.91 Å². The van der Waals surface area contributed by atoms with E-state index >= 15 is 0 Å². The van der Waals surface area contributed by atoms with Gasteiger partial charge >= 0.3 is 5.97 Å². The molecule has 0 unspecified atom stereocenters. The van der Waals surface area contributed by atoms with Crippen molar-refractivity contribution >= 4 is 17.7 Å². The number of hydrogen-bond acceptors (Lipinski definition) is 2. The zero-order valence-corrected chi connectivity index (χ0v) is 9.51. The normalized spacial score (nSPS) is 10.0. The molecule has 1 aromatic carbocycles. The number of aliphatic carboxylic acids is 1. The van der Waals surface area contributed by atoms with Gasteiger partial charge in [0.05, 0.1) is 6.42 Å². The summed E-state index contributed by atoms with van der Waals surface area (Å²) in [5.74, 6) is -0.669. The number of amides is 1. The number of hydrogen-bond donors (Lipinski definition) is 3. The highest BCUT2D eigenvalue weighted by atomic mass is 16.4. The number of carbonyl (C=O) groups excluding carboxylic acids is 1. The predicted molar refractivity (Wildman–Crippen MR) is 66.5 cm³/mol. The van der Waals surface area contributed by atoms with Crippen molar-refractivity contribution in [2.75, 3.05) is 5.32 Å². The third-order valence-electron chi connectivity index (χ3n) is 2.37. The van der Waals surface area contributed by atoms with Gasteiger partial charge in [0.2, 0.25) is 0 Å². The molecule has 1 amide bonds. The predicted octanol–water partition coefficient (Wildman–Crippen LogP) is 1.89. The van der Waals surface area contributed by atoms with E-state index in [0.29, 0.717) is 17.1 Å². The highest BCUT2D eigenvalue weighted by molar-refractivity contribution is 6.03. The van der Waals surface area contributed by atoms with Gasteiger partial charge in [-0.3, -0.25) is 9.59 Å². The maximum atomic E-state index is 11.8. The van der Waals surface area contributed by atoms with Crippen LogP contribution in [0.4, 0.5) is 5.82 Å². The minimum Gasteiger partial charge on any atom is -0.481 e. The van der Waals surface area contributed by atoms with Crippen LogP contribution in [0.1, 0.15) is 16.1 Å². The molecule has 0 aliphatic heterocycles. The topological polar surface area (TPSA) is 82.2 Å². The Morgan fingerprint density at radius 3 is 2.50 bits per heavy atom. The van der Waals surface area contributed by atoms with Crippen LogP contribution >= 0.6 is 0 Å². The lowest BCUT2D eigenvalue weighted by molar-refractivity contribution is -0.136. The second kappa shape index (κ2) is 5.18. The summed E-state index contributed by atoms with van der Waals surface area (Å²) in [5, 5.41) is 11.3. The fraction of sp³-hybridized carbons (Fsp3) is 0.0769. The van der Waals surface area contributed by atoms with Gasteiger partial charge in [0.1, 0.15) is 5.82 Å². The summed E-state index contributed by atoms with van der Waals surface area (Å²) >= 11 is 0. The van der Waals surface area contributed by atoms with E-state index in [-0.39, 0.29) is 12.3 Å². The Morgan fingerprint density at radius 2 is 1.83 bits per heavy atom. The number of anilines is 1. The number of nitrogens with one attached hydrogen (secondary N) is 2. The lowest BCUT2D eigenvalue weighted by Crippen LogP contribution is -2.12. The van der Waals surface area contributed by atoms with Crippen LogP contribution < -0.4 is 5.32 Å². The molecule has 92 valence electrons. The van der Waals surface area contributed by atoms with Gasteiger partial charge in [-0.05, 0) is 24.3 Å². The number of carbonyl (C=O) groups is 2. The van der Waals surface area contributed by atoms with Crippen LogP contribution in [0, 0.1) is 0 Å². The number of rotatable bonds is 4. The van der Waals surface area contributed by atoms with Crippen molar-refractivity contribution in [2.24, 2.45) is 0 Å². The molecule has 1 aromatic heterocycles. The molecule has 0 radical (unpaired) electrons. The SMILES string of the molecule is O=C(O)Cc1ccc(NC(=O)c2ccccc2)[nH]1. The number of carboxylic acid groups (broad SMARTS) is 1. The average Bonchev–Trinajstić information content (AvgIpc) is 2.76. The number of benzene rings is 1. The van der Waals surface area contributed by atoms with Crippen LogP contribution in [0.2, 0.25) is 0 Å². The highest BCUT2D eigenvalue weighted by Crippen LogP contribution is 2.10. The van der Waals surface area contributed by atoms with Crippen molar-refractivity contribution in [1.82, 2.24) is 4.98 Å². The molecule has 18 heavy (non-hydrogen) atoms. The molecule has 2 aromatic rings. The van der Waals surface area contributed by atoms with E-state index < -0.39 is 5.97 Å². The molecule has 5 heteroatoms. The molecule has 0 aliphatic carbocycles. The zero-order valence-electron chi connectivity index (χ0n) is 9.51. The van der Waals surface area contributed by atoms with Crippen LogP contribution in [-0.2, 0) is 11.2 Å². The number of carboxylic acids is 1. The molecule has 1 heterocycles. The minimum absolute atomic E-state index is 0.0960. The van der Waals surface area contributed by atoms with Gasteiger partial charge in [-0.25, -0.2) is 0 Å². The van der Waals surface area contributed by atoms with E-state index in [1.54, 1.807) is 36.4 Å². The Balaban J connectivity index is 2.04. The first-order valence-corrected chi connectivity index (χ1v) is 5.41. The van der Waals surface area contributed by atoms with Gasteiger partial charge < -0.3 is 15.4 Å². The maximum absolute atomic E-state index is 11.8. The standard InChI is InChI=1S/C13H12N2O3/c16-12(17)8-10-6-7-11(14-10)15-13(18)9-4-2-1-3-5-9/h1-7,14H,8H2,(H,15,18)(H,16,17). The Hall–Kier alpha value is -2.56. The number of aromatic nitrogens is 1. The van der Waals surface area contributed by atoms with Gasteiger partial charge in [-0.15, -0.1) is 0 Å². The van der Waals surface area contributed by atoms with E-state index in [2.05, 4.69) is 10.3 Å². The Kier molecular flexibility index (Phi) is 3.43. The van der Waals surface area contributed by atoms with E-state index in [1.807, 2.05) is 6.07 Å². The summed E-state index contributed by atoms with van der Waals surface area (Å²) in [5.41, 5.74) is 1.10.